The number of hydrogen-bond acceptors (Lipinski definition) is 3. The standard InChI is InChI=1S/C8H6FNO3S/c9-5-7-1-3-8(4-2-7)14(12,13)10-6-11/h1-4H,5H2. The molecule has 0 unspecified atom stereocenters. The molecule has 0 spiro atoms. The third-order valence-corrected chi connectivity index (χ3v) is 2.72. The van der Waals surface area contributed by atoms with E-state index < -0.39 is 16.7 Å². The summed E-state index contributed by atoms with van der Waals surface area (Å²) in [4.78, 5) is 9.63. The van der Waals surface area contributed by atoms with Gasteiger partial charge in [-0.15, -0.1) is 0 Å². The Kier molecular flexibility index (Phi) is 3.11. The number of sulfonamides is 1. The molecule has 1 rings (SSSR count). The number of alkyl halides is 1. The number of nitrogens with zero attached hydrogens (tertiary/aromatic N) is 1. The molecule has 0 atom stereocenters. The van der Waals surface area contributed by atoms with E-state index in [0.29, 0.717) is 5.56 Å². The van der Waals surface area contributed by atoms with Gasteiger partial charge in [0.25, 0.3) is 16.1 Å². The molecule has 0 aliphatic carbocycles. The Morgan fingerprint density at radius 1 is 1.29 bits per heavy atom. The van der Waals surface area contributed by atoms with E-state index in [1.165, 1.54) is 24.3 Å². The van der Waals surface area contributed by atoms with Crippen LogP contribution in [0.3, 0.4) is 0 Å². The number of benzene rings is 1. The zero-order valence-corrected chi connectivity index (χ0v) is 7.79. The minimum atomic E-state index is -3.96. The average molecular weight is 215 g/mol. The molecule has 0 fully saturated rings. The van der Waals surface area contributed by atoms with Crippen LogP contribution >= 0.6 is 0 Å². The van der Waals surface area contributed by atoms with Crippen LogP contribution in [0.25, 0.3) is 0 Å². The third-order valence-electron chi connectivity index (χ3n) is 1.53. The Morgan fingerprint density at radius 3 is 2.29 bits per heavy atom. The lowest BCUT2D eigenvalue weighted by Gasteiger charge is -1.97. The molecule has 0 bridgehead atoms. The van der Waals surface area contributed by atoms with Crippen molar-refractivity contribution in [2.75, 3.05) is 0 Å². The maximum Gasteiger partial charge on any atom is 0.292 e. The highest BCUT2D eigenvalue weighted by molar-refractivity contribution is 7.90. The molecular weight excluding hydrogens is 209 g/mol. The van der Waals surface area contributed by atoms with Crippen LogP contribution < -0.4 is 0 Å². The fraction of sp³-hybridized carbons (Fsp3) is 0.125. The summed E-state index contributed by atoms with van der Waals surface area (Å²) in [5.41, 5.74) is 0.360. The van der Waals surface area contributed by atoms with E-state index >= 15 is 0 Å². The Bertz CT molecular complexity index is 460. The zero-order valence-electron chi connectivity index (χ0n) is 6.97. The van der Waals surface area contributed by atoms with Crippen molar-refractivity contribution in [2.45, 2.75) is 11.6 Å². The van der Waals surface area contributed by atoms with Gasteiger partial charge in [0.1, 0.15) is 6.67 Å². The van der Waals surface area contributed by atoms with Crippen molar-refractivity contribution >= 4 is 16.1 Å². The van der Waals surface area contributed by atoms with Crippen molar-refractivity contribution in [3.05, 3.63) is 29.8 Å². The summed E-state index contributed by atoms with van der Waals surface area (Å²) in [6.07, 6.45) is 0.948. The van der Waals surface area contributed by atoms with Gasteiger partial charge in [-0.3, -0.25) is 0 Å². The van der Waals surface area contributed by atoms with Gasteiger partial charge in [-0.1, -0.05) is 16.5 Å². The van der Waals surface area contributed by atoms with Crippen LogP contribution in [0.15, 0.2) is 33.6 Å². The summed E-state index contributed by atoms with van der Waals surface area (Å²) in [5, 5.41) is 0. The molecule has 0 amide bonds. The first-order valence-corrected chi connectivity index (χ1v) is 5.03. The average Bonchev–Trinajstić information content (AvgIpc) is 2.18. The lowest BCUT2D eigenvalue weighted by molar-refractivity contribution is 0.485. The molecular formula is C8H6FNO3S. The van der Waals surface area contributed by atoms with Gasteiger partial charge in [0, 0.05) is 0 Å². The predicted molar refractivity (Wildman–Crippen MR) is 46.6 cm³/mol. The Morgan fingerprint density at radius 2 is 1.86 bits per heavy atom. The van der Waals surface area contributed by atoms with Crippen molar-refractivity contribution in [1.82, 2.24) is 0 Å². The first-order chi connectivity index (χ1) is 6.60. The largest absolute Gasteiger partial charge is 0.292 e. The molecule has 0 saturated heterocycles. The van der Waals surface area contributed by atoms with Crippen LogP contribution in [0.4, 0.5) is 4.39 Å². The normalized spacial score (nSPS) is 10.6. The molecule has 1 aromatic rings. The van der Waals surface area contributed by atoms with E-state index in [4.69, 9.17) is 0 Å². The first kappa shape index (κ1) is 10.6. The SMILES string of the molecule is O=C=NS(=O)(=O)c1ccc(CF)cc1. The molecule has 0 aromatic heterocycles. The Hall–Kier alpha value is -1.52. The van der Waals surface area contributed by atoms with Crippen LogP contribution in [-0.2, 0) is 21.5 Å². The van der Waals surface area contributed by atoms with E-state index in [2.05, 4.69) is 4.40 Å². The number of hydrogen-bond donors (Lipinski definition) is 0. The van der Waals surface area contributed by atoms with Crippen LogP contribution in [0.2, 0.25) is 0 Å². The second-order valence-electron chi connectivity index (χ2n) is 2.44. The van der Waals surface area contributed by atoms with Gasteiger partial charge in [0.15, 0.2) is 0 Å². The van der Waals surface area contributed by atoms with E-state index in [1.54, 1.807) is 0 Å². The molecule has 6 heteroatoms. The summed E-state index contributed by atoms with van der Waals surface area (Å²) in [5.74, 6) is 0. The molecule has 4 nitrogen and oxygen atoms in total. The highest BCUT2D eigenvalue weighted by atomic mass is 32.2. The van der Waals surface area contributed by atoms with E-state index in [1.807, 2.05) is 0 Å². The molecule has 74 valence electrons. The quantitative estimate of drug-likeness (QED) is 0.561. The van der Waals surface area contributed by atoms with Crippen molar-refractivity contribution in [3.63, 3.8) is 0 Å². The number of isocyanates is 1. The number of carbonyl (C=O) groups excluding carboxylic acids is 1. The van der Waals surface area contributed by atoms with E-state index in [9.17, 15) is 17.6 Å². The summed E-state index contributed by atoms with van der Waals surface area (Å²) >= 11 is 0. The Labute approximate surface area is 80.1 Å². The van der Waals surface area contributed by atoms with Gasteiger partial charge in [0.2, 0.25) is 0 Å². The van der Waals surface area contributed by atoms with Gasteiger partial charge in [0.05, 0.1) is 4.90 Å². The van der Waals surface area contributed by atoms with Crippen molar-refractivity contribution in [1.29, 1.82) is 0 Å². The minimum absolute atomic E-state index is 0.155. The number of halogens is 1. The fourth-order valence-corrected chi connectivity index (χ4v) is 1.54. The van der Waals surface area contributed by atoms with Gasteiger partial charge in [-0.2, -0.15) is 8.42 Å². The van der Waals surface area contributed by atoms with Gasteiger partial charge >= 0.3 is 0 Å². The minimum Gasteiger partial charge on any atom is -0.246 e. The third kappa shape index (κ3) is 2.25. The molecule has 0 saturated carbocycles. The van der Waals surface area contributed by atoms with Crippen LogP contribution in [-0.4, -0.2) is 14.5 Å². The van der Waals surface area contributed by atoms with Gasteiger partial charge in [-0.25, -0.2) is 9.18 Å². The summed E-state index contributed by atoms with van der Waals surface area (Å²) in [6, 6.07) is 5.00. The van der Waals surface area contributed by atoms with Gasteiger partial charge < -0.3 is 0 Å². The molecule has 0 radical (unpaired) electrons. The zero-order chi connectivity index (χ0) is 10.6. The lowest BCUT2D eigenvalue weighted by atomic mass is 10.2. The highest BCUT2D eigenvalue weighted by Crippen LogP contribution is 2.13. The maximum absolute atomic E-state index is 12.1. The van der Waals surface area contributed by atoms with Crippen LogP contribution in [0.1, 0.15) is 5.56 Å². The van der Waals surface area contributed by atoms with Crippen molar-refractivity contribution in [3.8, 4) is 0 Å². The van der Waals surface area contributed by atoms with Gasteiger partial charge in [-0.05, 0) is 17.7 Å². The maximum atomic E-state index is 12.1. The molecule has 0 aliphatic rings. The van der Waals surface area contributed by atoms with E-state index in [-0.39, 0.29) is 4.90 Å². The summed E-state index contributed by atoms with van der Waals surface area (Å²) in [6.45, 7) is -0.669. The number of rotatable bonds is 3. The Balaban J connectivity index is 3.16. The molecule has 1 aromatic carbocycles. The van der Waals surface area contributed by atoms with Crippen molar-refractivity contribution in [2.24, 2.45) is 4.40 Å². The summed E-state index contributed by atoms with van der Waals surface area (Å²) in [7, 11) is -3.96. The van der Waals surface area contributed by atoms with Crippen LogP contribution in [0, 0.1) is 0 Å². The monoisotopic (exact) mass is 215 g/mol. The molecule has 0 heterocycles. The highest BCUT2D eigenvalue weighted by Gasteiger charge is 2.11. The topological polar surface area (TPSA) is 63.6 Å². The molecule has 14 heavy (non-hydrogen) atoms. The smallest absolute Gasteiger partial charge is 0.246 e. The molecule has 0 aliphatic heterocycles. The second-order valence-corrected chi connectivity index (χ2v) is 4.04. The van der Waals surface area contributed by atoms with Crippen molar-refractivity contribution < 1.29 is 17.6 Å². The fourth-order valence-electron chi connectivity index (χ4n) is 0.852. The lowest BCUT2D eigenvalue weighted by Crippen LogP contribution is -1.96. The summed E-state index contributed by atoms with van der Waals surface area (Å²) < 4.78 is 36.9. The first-order valence-electron chi connectivity index (χ1n) is 3.59. The second kappa shape index (κ2) is 4.13. The predicted octanol–water partition coefficient (Wildman–Crippen LogP) is 1.18. The van der Waals surface area contributed by atoms with E-state index in [0.717, 1.165) is 6.08 Å². The van der Waals surface area contributed by atoms with Crippen LogP contribution in [0.5, 0.6) is 0 Å². The molecule has 0 N–H and O–H groups in total.